The summed E-state index contributed by atoms with van der Waals surface area (Å²) in [6.07, 6.45) is 3.58. The van der Waals surface area contributed by atoms with Crippen LogP contribution >= 0.6 is 0 Å². The number of ether oxygens (including phenoxy) is 1. The van der Waals surface area contributed by atoms with Gasteiger partial charge in [0.1, 0.15) is 0 Å². The van der Waals surface area contributed by atoms with Gasteiger partial charge in [0.25, 0.3) is 0 Å². The summed E-state index contributed by atoms with van der Waals surface area (Å²) in [4.78, 5) is 12.6. The average Bonchev–Trinajstić information content (AvgIpc) is 3.42. The molecule has 0 saturated carbocycles. The van der Waals surface area contributed by atoms with Crippen molar-refractivity contribution in [2.24, 2.45) is 10.4 Å². The van der Waals surface area contributed by atoms with Crippen molar-refractivity contribution in [3.63, 3.8) is 0 Å². The molecule has 3 aliphatic heterocycles. The molecular weight excluding hydrogens is 374 g/mol. The first-order valence-electron chi connectivity index (χ1n) is 11.9. The third kappa shape index (κ3) is 5.74. The number of rotatable bonds is 7. The molecule has 166 valence electrons. The Hall–Kier alpha value is -1.63. The van der Waals surface area contributed by atoms with E-state index in [0.717, 1.165) is 64.9 Å². The Morgan fingerprint density at radius 3 is 2.60 bits per heavy atom. The summed E-state index contributed by atoms with van der Waals surface area (Å²) < 4.78 is 5.68. The minimum absolute atomic E-state index is 0.385. The van der Waals surface area contributed by atoms with E-state index in [1.54, 1.807) is 0 Å². The minimum Gasteiger partial charge on any atom is -0.381 e. The topological polar surface area (TPSA) is 43.3 Å². The van der Waals surface area contributed by atoms with E-state index in [4.69, 9.17) is 9.73 Å². The third-order valence-corrected chi connectivity index (χ3v) is 6.87. The van der Waals surface area contributed by atoms with Crippen LogP contribution in [-0.2, 0) is 11.3 Å². The van der Waals surface area contributed by atoms with E-state index in [1.807, 2.05) is 0 Å². The van der Waals surface area contributed by atoms with Gasteiger partial charge >= 0.3 is 0 Å². The summed E-state index contributed by atoms with van der Waals surface area (Å²) >= 11 is 0. The van der Waals surface area contributed by atoms with E-state index in [1.165, 1.54) is 44.6 Å². The van der Waals surface area contributed by atoms with Crippen LogP contribution in [0.3, 0.4) is 0 Å². The Kier molecular flexibility index (Phi) is 7.63. The highest BCUT2D eigenvalue weighted by Gasteiger charge is 2.42. The lowest BCUT2D eigenvalue weighted by molar-refractivity contribution is 0.127. The molecule has 6 nitrogen and oxygen atoms in total. The van der Waals surface area contributed by atoms with E-state index < -0.39 is 0 Å². The highest BCUT2D eigenvalue weighted by molar-refractivity contribution is 5.80. The summed E-state index contributed by atoms with van der Waals surface area (Å²) in [5, 5.41) is 3.51. The fourth-order valence-corrected chi connectivity index (χ4v) is 5.01. The maximum absolute atomic E-state index is 5.68. The third-order valence-electron chi connectivity index (χ3n) is 6.87. The first kappa shape index (κ1) is 21.6. The molecule has 6 heteroatoms. The smallest absolute Gasteiger partial charge is 0.193 e. The van der Waals surface area contributed by atoms with Gasteiger partial charge in [-0.25, -0.2) is 0 Å². The fraction of sp³-hybridized carbons (Fsp3) is 0.708. The lowest BCUT2D eigenvalue weighted by atomic mass is 9.87. The number of aliphatic imine (C=N–C) groups is 1. The largest absolute Gasteiger partial charge is 0.381 e. The van der Waals surface area contributed by atoms with Crippen LogP contribution in [0.4, 0.5) is 0 Å². The molecule has 1 N–H and O–H groups in total. The predicted molar refractivity (Wildman–Crippen MR) is 123 cm³/mol. The Bertz CT molecular complexity index is 665. The molecule has 1 unspecified atom stereocenters. The molecule has 0 bridgehead atoms. The lowest BCUT2D eigenvalue weighted by Gasteiger charge is -2.34. The number of benzene rings is 1. The van der Waals surface area contributed by atoms with E-state index in [0.29, 0.717) is 5.41 Å². The van der Waals surface area contributed by atoms with Crippen molar-refractivity contribution in [2.45, 2.75) is 32.7 Å². The Morgan fingerprint density at radius 1 is 1.07 bits per heavy atom. The maximum Gasteiger partial charge on any atom is 0.193 e. The van der Waals surface area contributed by atoms with Gasteiger partial charge < -0.3 is 19.9 Å². The second-order valence-electron chi connectivity index (χ2n) is 9.17. The van der Waals surface area contributed by atoms with E-state index in [-0.39, 0.29) is 0 Å². The van der Waals surface area contributed by atoms with Crippen molar-refractivity contribution in [1.82, 2.24) is 20.0 Å². The summed E-state index contributed by atoms with van der Waals surface area (Å²) in [7, 11) is 0. The Balaban J connectivity index is 1.17. The van der Waals surface area contributed by atoms with Gasteiger partial charge in [0.05, 0.1) is 6.61 Å². The molecular formula is C24H39N5O. The maximum atomic E-state index is 5.68. The monoisotopic (exact) mass is 413 g/mol. The number of hydrogen-bond donors (Lipinski definition) is 1. The van der Waals surface area contributed by atoms with Crippen LogP contribution < -0.4 is 5.32 Å². The van der Waals surface area contributed by atoms with Gasteiger partial charge in [0.2, 0.25) is 0 Å². The van der Waals surface area contributed by atoms with Crippen LogP contribution in [0, 0.1) is 5.41 Å². The normalized spacial score (nSPS) is 26.0. The molecule has 0 amide bonds. The first-order chi connectivity index (χ1) is 14.8. The van der Waals surface area contributed by atoms with Crippen molar-refractivity contribution in [1.29, 1.82) is 0 Å². The highest BCUT2D eigenvalue weighted by atomic mass is 16.5. The molecule has 1 aromatic rings. The van der Waals surface area contributed by atoms with Gasteiger partial charge in [-0.05, 0) is 31.7 Å². The van der Waals surface area contributed by atoms with Gasteiger partial charge in [0.15, 0.2) is 5.96 Å². The van der Waals surface area contributed by atoms with Gasteiger partial charge in [-0.1, -0.05) is 30.3 Å². The molecule has 0 aromatic heterocycles. The standard InChI is InChI=1S/C24H39N5O/c1-2-25-23(29-13-9-24(20-29)10-18-30-21-24)26-11-6-12-27-14-16-28(17-15-27)19-22-7-4-3-5-8-22/h3-5,7-8H,2,6,9-21H2,1H3,(H,25,26). The number of nitrogens with one attached hydrogen (secondary N) is 1. The van der Waals surface area contributed by atoms with Gasteiger partial charge in [-0.2, -0.15) is 0 Å². The number of hydrogen-bond acceptors (Lipinski definition) is 4. The average molecular weight is 414 g/mol. The van der Waals surface area contributed by atoms with Gasteiger partial charge in [-0.15, -0.1) is 0 Å². The van der Waals surface area contributed by atoms with Crippen molar-refractivity contribution < 1.29 is 4.74 Å². The van der Waals surface area contributed by atoms with E-state index >= 15 is 0 Å². The van der Waals surface area contributed by atoms with Crippen LogP contribution in [0.25, 0.3) is 0 Å². The molecule has 1 atom stereocenters. The number of guanidine groups is 1. The van der Waals surface area contributed by atoms with Crippen LogP contribution in [0.15, 0.2) is 35.3 Å². The van der Waals surface area contributed by atoms with Gasteiger partial charge in [-0.3, -0.25) is 9.89 Å². The van der Waals surface area contributed by atoms with Crippen LogP contribution in [0.1, 0.15) is 31.7 Å². The van der Waals surface area contributed by atoms with Crippen LogP contribution in [0.2, 0.25) is 0 Å². The van der Waals surface area contributed by atoms with Crippen molar-refractivity contribution in [3.05, 3.63) is 35.9 Å². The minimum atomic E-state index is 0.385. The lowest BCUT2D eigenvalue weighted by Crippen LogP contribution is -2.46. The molecule has 3 fully saturated rings. The Labute approximate surface area is 182 Å². The van der Waals surface area contributed by atoms with E-state index in [2.05, 4.69) is 57.3 Å². The quantitative estimate of drug-likeness (QED) is 0.422. The Morgan fingerprint density at radius 2 is 1.87 bits per heavy atom. The molecule has 30 heavy (non-hydrogen) atoms. The van der Waals surface area contributed by atoms with Crippen molar-refractivity contribution >= 4 is 5.96 Å². The predicted octanol–water partition coefficient (Wildman–Crippen LogP) is 2.27. The summed E-state index contributed by atoms with van der Waals surface area (Å²) in [6, 6.07) is 10.8. The molecule has 3 aliphatic rings. The zero-order valence-corrected chi connectivity index (χ0v) is 18.7. The number of nitrogens with zero attached hydrogens (tertiary/aromatic N) is 4. The van der Waals surface area contributed by atoms with Crippen molar-refractivity contribution in [2.75, 3.05) is 72.1 Å². The molecule has 0 radical (unpaired) electrons. The van der Waals surface area contributed by atoms with Crippen LogP contribution in [-0.4, -0.2) is 92.8 Å². The second kappa shape index (κ2) is 10.6. The SMILES string of the molecule is CCNC(=NCCCN1CCN(Cc2ccccc2)CC1)N1CCC2(CCOC2)C1. The second-order valence-corrected chi connectivity index (χ2v) is 9.17. The molecule has 1 aromatic carbocycles. The van der Waals surface area contributed by atoms with E-state index in [9.17, 15) is 0 Å². The molecule has 4 rings (SSSR count). The van der Waals surface area contributed by atoms with Gasteiger partial charge in [0, 0.05) is 77.5 Å². The summed E-state index contributed by atoms with van der Waals surface area (Å²) in [6.45, 7) is 15.0. The van der Waals surface area contributed by atoms with Crippen molar-refractivity contribution in [3.8, 4) is 0 Å². The zero-order chi connectivity index (χ0) is 20.7. The molecule has 0 aliphatic carbocycles. The summed E-state index contributed by atoms with van der Waals surface area (Å²) in [5.74, 6) is 1.11. The molecule has 3 saturated heterocycles. The fourth-order valence-electron chi connectivity index (χ4n) is 5.01. The van der Waals surface area contributed by atoms with Crippen LogP contribution in [0.5, 0.6) is 0 Å². The molecule has 3 heterocycles. The number of likely N-dealkylation sites (tertiary alicyclic amines) is 1. The highest BCUT2D eigenvalue weighted by Crippen LogP contribution is 2.38. The number of piperazine rings is 1. The summed E-state index contributed by atoms with van der Waals surface area (Å²) in [5.41, 5.74) is 1.81. The zero-order valence-electron chi connectivity index (χ0n) is 18.7. The molecule has 1 spiro atoms. The first-order valence-corrected chi connectivity index (χ1v) is 11.9.